The lowest BCUT2D eigenvalue weighted by molar-refractivity contribution is 0.0574. The summed E-state index contributed by atoms with van der Waals surface area (Å²) in [6.45, 7) is 7.39. The predicted octanol–water partition coefficient (Wildman–Crippen LogP) is 2.80. The Labute approximate surface area is 121 Å². The summed E-state index contributed by atoms with van der Waals surface area (Å²) in [6, 6.07) is 1.93. The van der Waals surface area contributed by atoms with Crippen molar-refractivity contribution >= 4 is 17.2 Å². The monoisotopic (exact) mass is 291 g/mol. The number of amides is 1. The molecule has 1 fully saturated rings. The van der Waals surface area contributed by atoms with Gasteiger partial charge in [0.15, 0.2) is 5.82 Å². The molecular formula is C14H17N3O2S. The zero-order valence-corrected chi connectivity index (χ0v) is 12.6. The van der Waals surface area contributed by atoms with E-state index in [1.807, 2.05) is 37.1 Å². The highest BCUT2D eigenvalue weighted by Gasteiger charge is 2.36. The average molecular weight is 291 g/mol. The third kappa shape index (κ3) is 2.35. The Morgan fingerprint density at radius 2 is 2.25 bits per heavy atom. The average Bonchev–Trinajstić information content (AvgIpc) is 2.96. The van der Waals surface area contributed by atoms with Crippen molar-refractivity contribution in [2.45, 2.75) is 32.6 Å². The molecule has 0 radical (unpaired) electrons. The Morgan fingerprint density at radius 1 is 1.50 bits per heavy atom. The van der Waals surface area contributed by atoms with E-state index in [-0.39, 0.29) is 17.7 Å². The van der Waals surface area contributed by atoms with Gasteiger partial charge in [0, 0.05) is 19.0 Å². The van der Waals surface area contributed by atoms with Crippen molar-refractivity contribution in [2.75, 3.05) is 13.1 Å². The first kappa shape index (κ1) is 13.3. The molecule has 1 saturated heterocycles. The van der Waals surface area contributed by atoms with Crippen LogP contribution in [0.15, 0.2) is 16.0 Å². The maximum Gasteiger partial charge on any atom is 0.263 e. The fourth-order valence-electron chi connectivity index (χ4n) is 2.15. The predicted molar refractivity (Wildman–Crippen MR) is 76.1 cm³/mol. The Balaban J connectivity index is 1.62. The van der Waals surface area contributed by atoms with Gasteiger partial charge < -0.3 is 9.42 Å². The van der Waals surface area contributed by atoms with Crippen LogP contribution in [0.25, 0.3) is 0 Å². The fourth-order valence-corrected chi connectivity index (χ4v) is 3.01. The van der Waals surface area contributed by atoms with Crippen LogP contribution in [0, 0.1) is 6.92 Å². The number of aryl methyl sites for hydroxylation is 1. The van der Waals surface area contributed by atoms with Gasteiger partial charge >= 0.3 is 0 Å². The first-order chi connectivity index (χ1) is 9.54. The van der Waals surface area contributed by atoms with E-state index in [0.717, 1.165) is 16.3 Å². The van der Waals surface area contributed by atoms with Gasteiger partial charge in [-0.1, -0.05) is 19.0 Å². The molecule has 2 aromatic heterocycles. The number of carbonyl (C=O) groups excluding carboxylic acids is 1. The number of rotatable bonds is 3. The van der Waals surface area contributed by atoms with Crippen molar-refractivity contribution in [1.82, 2.24) is 15.0 Å². The van der Waals surface area contributed by atoms with Gasteiger partial charge in [0.25, 0.3) is 5.91 Å². The first-order valence-corrected chi connectivity index (χ1v) is 7.60. The van der Waals surface area contributed by atoms with E-state index in [1.54, 1.807) is 0 Å². The minimum Gasteiger partial charge on any atom is -0.339 e. The smallest absolute Gasteiger partial charge is 0.263 e. The van der Waals surface area contributed by atoms with Crippen molar-refractivity contribution < 1.29 is 9.32 Å². The SMILES string of the molecule is Cc1csc(C(=O)N2CC(c3nc(C(C)C)no3)C2)c1. The van der Waals surface area contributed by atoms with E-state index in [9.17, 15) is 4.79 Å². The second kappa shape index (κ2) is 5.01. The summed E-state index contributed by atoms with van der Waals surface area (Å²) >= 11 is 1.50. The molecule has 0 aliphatic carbocycles. The summed E-state index contributed by atoms with van der Waals surface area (Å²) in [7, 11) is 0. The Bertz CT molecular complexity index is 626. The van der Waals surface area contributed by atoms with E-state index in [0.29, 0.717) is 19.0 Å². The van der Waals surface area contributed by atoms with Gasteiger partial charge in [0.1, 0.15) is 0 Å². The Kier molecular flexibility index (Phi) is 3.33. The molecule has 106 valence electrons. The lowest BCUT2D eigenvalue weighted by atomic mass is 10.00. The van der Waals surface area contributed by atoms with E-state index in [1.165, 1.54) is 11.3 Å². The molecule has 0 aromatic carbocycles. The molecule has 0 N–H and O–H groups in total. The highest BCUT2D eigenvalue weighted by atomic mass is 32.1. The van der Waals surface area contributed by atoms with Crippen LogP contribution in [0.4, 0.5) is 0 Å². The molecule has 0 atom stereocenters. The Hall–Kier alpha value is -1.69. The van der Waals surface area contributed by atoms with Crippen LogP contribution in [-0.2, 0) is 0 Å². The zero-order valence-electron chi connectivity index (χ0n) is 11.8. The van der Waals surface area contributed by atoms with Gasteiger partial charge in [-0.2, -0.15) is 4.98 Å². The standard InChI is InChI=1S/C14H17N3O2S/c1-8(2)12-15-13(19-16-12)10-5-17(6-10)14(18)11-4-9(3)7-20-11/h4,7-8,10H,5-6H2,1-3H3. The molecule has 0 bridgehead atoms. The van der Waals surface area contributed by atoms with Crippen molar-refractivity contribution in [3.63, 3.8) is 0 Å². The summed E-state index contributed by atoms with van der Waals surface area (Å²) in [6.07, 6.45) is 0. The van der Waals surface area contributed by atoms with E-state index in [2.05, 4.69) is 10.1 Å². The van der Waals surface area contributed by atoms with Gasteiger partial charge in [-0.15, -0.1) is 11.3 Å². The molecule has 3 rings (SSSR count). The largest absolute Gasteiger partial charge is 0.339 e. The zero-order chi connectivity index (χ0) is 14.3. The van der Waals surface area contributed by atoms with Gasteiger partial charge in [-0.25, -0.2) is 0 Å². The second-order valence-electron chi connectivity index (χ2n) is 5.54. The summed E-state index contributed by atoms with van der Waals surface area (Å²) in [5.41, 5.74) is 1.13. The molecule has 1 amide bonds. The van der Waals surface area contributed by atoms with Crippen LogP contribution in [0.3, 0.4) is 0 Å². The molecule has 20 heavy (non-hydrogen) atoms. The molecule has 1 aliphatic rings. The summed E-state index contributed by atoms with van der Waals surface area (Å²) < 4.78 is 5.27. The van der Waals surface area contributed by atoms with Crippen LogP contribution >= 0.6 is 11.3 Å². The number of thiophene rings is 1. The molecule has 0 spiro atoms. The quantitative estimate of drug-likeness (QED) is 0.872. The normalized spacial score (nSPS) is 15.7. The number of nitrogens with zero attached hydrogens (tertiary/aromatic N) is 3. The third-order valence-corrected chi connectivity index (χ3v) is 4.47. The van der Waals surface area contributed by atoms with Crippen LogP contribution < -0.4 is 0 Å². The number of hydrogen-bond donors (Lipinski definition) is 0. The minimum atomic E-state index is 0.1000. The highest BCUT2D eigenvalue weighted by molar-refractivity contribution is 7.12. The molecule has 2 aromatic rings. The summed E-state index contributed by atoms with van der Waals surface area (Å²) in [5, 5.41) is 5.96. The lowest BCUT2D eigenvalue weighted by Crippen LogP contribution is -2.48. The van der Waals surface area contributed by atoms with Crippen molar-refractivity contribution in [1.29, 1.82) is 0 Å². The van der Waals surface area contributed by atoms with Crippen molar-refractivity contribution in [3.05, 3.63) is 33.6 Å². The van der Waals surface area contributed by atoms with E-state index >= 15 is 0 Å². The molecule has 3 heterocycles. The van der Waals surface area contributed by atoms with Crippen LogP contribution in [0.5, 0.6) is 0 Å². The van der Waals surface area contributed by atoms with Crippen molar-refractivity contribution in [2.24, 2.45) is 0 Å². The molecule has 5 nitrogen and oxygen atoms in total. The van der Waals surface area contributed by atoms with Gasteiger partial charge in [-0.3, -0.25) is 4.79 Å². The maximum absolute atomic E-state index is 12.2. The first-order valence-electron chi connectivity index (χ1n) is 6.72. The van der Waals surface area contributed by atoms with Gasteiger partial charge in [0.05, 0.1) is 10.8 Å². The van der Waals surface area contributed by atoms with Crippen LogP contribution in [0.1, 0.15) is 52.6 Å². The fraction of sp³-hybridized carbons (Fsp3) is 0.500. The molecule has 6 heteroatoms. The van der Waals surface area contributed by atoms with E-state index in [4.69, 9.17) is 4.52 Å². The number of hydrogen-bond acceptors (Lipinski definition) is 5. The van der Waals surface area contributed by atoms with Crippen LogP contribution in [-0.4, -0.2) is 34.0 Å². The Morgan fingerprint density at radius 3 is 2.80 bits per heavy atom. The summed E-state index contributed by atoms with van der Waals surface area (Å²) in [5.74, 6) is 1.93. The molecular weight excluding hydrogens is 274 g/mol. The van der Waals surface area contributed by atoms with Gasteiger partial charge in [-0.05, 0) is 23.9 Å². The molecule has 0 unspecified atom stereocenters. The number of carbonyl (C=O) groups is 1. The summed E-state index contributed by atoms with van der Waals surface area (Å²) in [4.78, 5) is 19.2. The topological polar surface area (TPSA) is 59.2 Å². The minimum absolute atomic E-state index is 0.1000. The maximum atomic E-state index is 12.2. The van der Waals surface area contributed by atoms with E-state index < -0.39 is 0 Å². The second-order valence-corrected chi connectivity index (χ2v) is 6.45. The van der Waals surface area contributed by atoms with Gasteiger partial charge in [0.2, 0.25) is 5.89 Å². The molecule has 1 aliphatic heterocycles. The highest BCUT2D eigenvalue weighted by Crippen LogP contribution is 2.29. The lowest BCUT2D eigenvalue weighted by Gasteiger charge is -2.36. The number of aromatic nitrogens is 2. The molecule has 0 saturated carbocycles. The third-order valence-electron chi connectivity index (χ3n) is 3.43. The van der Waals surface area contributed by atoms with Crippen LogP contribution in [0.2, 0.25) is 0 Å². The number of likely N-dealkylation sites (tertiary alicyclic amines) is 1. The van der Waals surface area contributed by atoms with Crippen molar-refractivity contribution in [3.8, 4) is 0 Å².